The second-order valence-electron chi connectivity index (χ2n) is 4.53. The third-order valence-corrected chi connectivity index (χ3v) is 3.95. The summed E-state index contributed by atoms with van der Waals surface area (Å²) in [4.78, 5) is 1.34. The summed E-state index contributed by atoms with van der Waals surface area (Å²) in [5, 5.41) is 3.63. The van der Waals surface area contributed by atoms with Crippen LogP contribution in [0, 0.1) is 0 Å². The van der Waals surface area contributed by atoms with Crippen molar-refractivity contribution in [1.29, 1.82) is 0 Å². The van der Waals surface area contributed by atoms with Crippen LogP contribution in [0.2, 0.25) is 0 Å². The first kappa shape index (κ1) is 14.2. The summed E-state index contributed by atoms with van der Waals surface area (Å²) in [7, 11) is 0. The first-order valence-electron chi connectivity index (χ1n) is 6.73. The summed E-state index contributed by atoms with van der Waals surface area (Å²) in [6.45, 7) is 3.21. The lowest BCUT2D eigenvalue weighted by molar-refractivity contribution is 0.446. The largest absolute Gasteiger partial charge is 0.469 e. The fraction of sp³-hybridized carbons (Fsp3) is 0.375. The van der Waals surface area contributed by atoms with Crippen molar-refractivity contribution < 1.29 is 4.42 Å². The van der Waals surface area contributed by atoms with Crippen LogP contribution < -0.4 is 5.32 Å². The highest BCUT2D eigenvalue weighted by Crippen LogP contribution is 2.28. The lowest BCUT2D eigenvalue weighted by Gasteiger charge is -2.20. The highest BCUT2D eigenvalue weighted by atomic mass is 32.2. The second-order valence-corrected chi connectivity index (χ2v) is 5.38. The summed E-state index contributed by atoms with van der Waals surface area (Å²) in [6, 6.07) is 12.9. The van der Waals surface area contributed by atoms with Crippen LogP contribution in [0.15, 0.2) is 52.0 Å². The minimum atomic E-state index is 0.315. The average Bonchev–Trinajstić information content (AvgIpc) is 2.96. The van der Waals surface area contributed by atoms with E-state index < -0.39 is 0 Å². The van der Waals surface area contributed by atoms with E-state index in [0.29, 0.717) is 6.04 Å². The van der Waals surface area contributed by atoms with Gasteiger partial charge in [-0.2, -0.15) is 0 Å². The van der Waals surface area contributed by atoms with Crippen LogP contribution >= 0.6 is 11.8 Å². The Balaban J connectivity index is 2.20. The zero-order chi connectivity index (χ0) is 13.5. The molecule has 0 saturated carbocycles. The Morgan fingerprint density at radius 1 is 1.21 bits per heavy atom. The van der Waals surface area contributed by atoms with E-state index in [1.54, 1.807) is 18.0 Å². The number of furan rings is 1. The molecule has 0 aliphatic heterocycles. The molecule has 2 nitrogen and oxygen atoms in total. The summed E-state index contributed by atoms with van der Waals surface area (Å²) in [5.41, 5.74) is 1.36. The van der Waals surface area contributed by atoms with Crippen molar-refractivity contribution in [3.63, 3.8) is 0 Å². The standard InChI is InChI=1S/C16H21NOS/c1-3-10-17-15(12-13-7-6-11-18-13)14-8-4-5-9-16(14)19-2/h4-9,11,15,17H,3,10,12H2,1-2H3. The van der Waals surface area contributed by atoms with Gasteiger partial charge in [-0.05, 0) is 43.0 Å². The molecule has 0 spiro atoms. The van der Waals surface area contributed by atoms with Gasteiger partial charge in [0.15, 0.2) is 0 Å². The number of benzene rings is 1. The molecule has 1 heterocycles. The zero-order valence-corrected chi connectivity index (χ0v) is 12.4. The Morgan fingerprint density at radius 3 is 2.74 bits per heavy atom. The molecular formula is C16H21NOS. The molecule has 102 valence electrons. The van der Waals surface area contributed by atoms with Gasteiger partial charge in [0.05, 0.1) is 6.26 Å². The van der Waals surface area contributed by atoms with Gasteiger partial charge >= 0.3 is 0 Å². The highest BCUT2D eigenvalue weighted by molar-refractivity contribution is 7.98. The molecule has 0 fully saturated rings. The lowest BCUT2D eigenvalue weighted by atomic mass is 10.0. The van der Waals surface area contributed by atoms with Crippen molar-refractivity contribution in [2.24, 2.45) is 0 Å². The van der Waals surface area contributed by atoms with Crippen LogP contribution in [0.3, 0.4) is 0 Å². The number of rotatable bonds is 7. The van der Waals surface area contributed by atoms with Crippen LogP contribution in [0.1, 0.15) is 30.7 Å². The smallest absolute Gasteiger partial charge is 0.105 e. The van der Waals surface area contributed by atoms with Crippen LogP contribution in [-0.2, 0) is 6.42 Å². The van der Waals surface area contributed by atoms with E-state index in [9.17, 15) is 0 Å². The Bertz CT molecular complexity index is 481. The summed E-state index contributed by atoms with van der Waals surface area (Å²) < 4.78 is 5.49. The second kappa shape index (κ2) is 7.41. The summed E-state index contributed by atoms with van der Waals surface area (Å²) >= 11 is 1.80. The quantitative estimate of drug-likeness (QED) is 0.763. The molecule has 19 heavy (non-hydrogen) atoms. The monoisotopic (exact) mass is 275 g/mol. The molecule has 2 rings (SSSR count). The molecule has 0 amide bonds. The molecule has 0 radical (unpaired) electrons. The lowest BCUT2D eigenvalue weighted by Crippen LogP contribution is -2.24. The molecule has 1 atom stereocenters. The molecular weight excluding hydrogens is 254 g/mol. The molecule has 1 N–H and O–H groups in total. The fourth-order valence-electron chi connectivity index (χ4n) is 2.19. The maximum atomic E-state index is 5.49. The summed E-state index contributed by atoms with van der Waals surface area (Å²) in [5.74, 6) is 1.03. The molecule has 1 aromatic carbocycles. The van der Waals surface area contributed by atoms with Gasteiger partial charge in [-0.25, -0.2) is 0 Å². The first-order valence-corrected chi connectivity index (χ1v) is 7.96. The number of hydrogen-bond donors (Lipinski definition) is 1. The average molecular weight is 275 g/mol. The van der Waals surface area contributed by atoms with Gasteiger partial charge < -0.3 is 9.73 Å². The minimum Gasteiger partial charge on any atom is -0.469 e. The maximum absolute atomic E-state index is 5.49. The highest BCUT2D eigenvalue weighted by Gasteiger charge is 2.15. The Morgan fingerprint density at radius 2 is 2.05 bits per heavy atom. The van der Waals surface area contributed by atoms with E-state index in [4.69, 9.17) is 4.42 Å². The molecule has 0 saturated heterocycles. The van der Waals surface area contributed by atoms with E-state index in [-0.39, 0.29) is 0 Å². The third kappa shape index (κ3) is 3.88. The van der Waals surface area contributed by atoms with Gasteiger partial charge in [-0.3, -0.25) is 0 Å². The molecule has 3 heteroatoms. The summed E-state index contributed by atoms with van der Waals surface area (Å²) in [6.07, 6.45) is 5.90. The van der Waals surface area contributed by atoms with Crippen molar-refractivity contribution >= 4 is 11.8 Å². The van der Waals surface area contributed by atoms with Crippen LogP contribution in [0.25, 0.3) is 0 Å². The van der Waals surface area contributed by atoms with Crippen molar-refractivity contribution in [3.05, 3.63) is 54.0 Å². The Hall–Kier alpha value is -1.19. The van der Waals surface area contributed by atoms with Crippen LogP contribution in [0.4, 0.5) is 0 Å². The van der Waals surface area contributed by atoms with Gasteiger partial charge in [-0.1, -0.05) is 25.1 Å². The van der Waals surface area contributed by atoms with E-state index in [2.05, 4.69) is 42.8 Å². The Labute approximate surface area is 119 Å². The topological polar surface area (TPSA) is 25.2 Å². The van der Waals surface area contributed by atoms with Gasteiger partial charge in [0, 0.05) is 17.4 Å². The third-order valence-electron chi connectivity index (χ3n) is 3.14. The van der Waals surface area contributed by atoms with E-state index in [1.807, 2.05) is 12.1 Å². The number of nitrogens with one attached hydrogen (secondary N) is 1. The normalized spacial score (nSPS) is 12.5. The zero-order valence-electron chi connectivity index (χ0n) is 11.6. The predicted octanol–water partition coefficient (Wildman–Crippen LogP) is 4.28. The van der Waals surface area contributed by atoms with Gasteiger partial charge in [0.2, 0.25) is 0 Å². The van der Waals surface area contributed by atoms with Gasteiger partial charge in [-0.15, -0.1) is 11.8 Å². The van der Waals surface area contributed by atoms with Gasteiger partial charge in [0.25, 0.3) is 0 Å². The molecule has 0 bridgehead atoms. The van der Waals surface area contributed by atoms with E-state index >= 15 is 0 Å². The Kier molecular flexibility index (Phi) is 5.55. The predicted molar refractivity (Wildman–Crippen MR) is 81.7 cm³/mol. The maximum Gasteiger partial charge on any atom is 0.105 e. The van der Waals surface area contributed by atoms with Crippen molar-refractivity contribution in [2.75, 3.05) is 12.8 Å². The van der Waals surface area contributed by atoms with Crippen molar-refractivity contribution in [3.8, 4) is 0 Å². The molecule has 2 aromatic rings. The SMILES string of the molecule is CCCNC(Cc1ccco1)c1ccccc1SC. The van der Waals surface area contributed by atoms with Crippen molar-refractivity contribution in [1.82, 2.24) is 5.32 Å². The molecule has 1 aromatic heterocycles. The van der Waals surface area contributed by atoms with E-state index in [1.165, 1.54) is 10.5 Å². The number of hydrogen-bond acceptors (Lipinski definition) is 3. The van der Waals surface area contributed by atoms with Gasteiger partial charge in [0.1, 0.15) is 5.76 Å². The molecule has 1 unspecified atom stereocenters. The first-order chi connectivity index (χ1) is 9.35. The molecule has 0 aliphatic rings. The molecule has 0 aliphatic carbocycles. The minimum absolute atomic E-state index is 0.315. The van der Waals surface area contributed by atoms with E-state index in [0.717, 1.165) is 25.1 Å². The van der Waals surface area contributed by atoms with Crippen molar-refractivity contribution in [2.45, 2.75) is 30.7 Å². The van der Waals surface area contributed by atoms with Crippen LogP contribution in [-0.4, -0.2) is 12.8 Å². The van der Waals surface area contributed by atoms with Crippen LogP contribution in [0.5, 0.6) is 0 Å². The fourth-order valence-corrected chi connectivity index (χ4v) is 2.86. The number of thioether (sulfide) groups is 1.